The molecule has 0 saturated carbocycles. The predicted molar refractivity (Wildman–Crippen MR) is 63.6 cm³/mol. The number of nitrogens with two attached hydrogens (primary N) is 1. The molecule has 6 nitrogen and oxygen atoms in total. The van der Waals surface area contributed by atoms with E-state index in [-0.39, 0.29) is 12.2 Å². The van der Waals surface area contributed by atoms with Gasteiger partial charge >= 0.3 is 0 Å². The number of nitrogens with zero attached hydrogens (tertiary/aromatic N) is 2. The van der Waals surface area contributed by atoms with Crippen LogP contribution in [-0.2, 0) is 11.3 Å². The fraction of sp³-hybridized carbons (Fsp3) is 0.300. The Balaban J connectivity index is 2.86. The summed E-state index contributed by atoms with van der Waals surface area (Å²) in [6.45, 7) is 0.391. The molecule has 17 heavy (non-hydrogen) atoms. The van der Waals surface area contributed by atoms with Gasteiger partial charge in [0.1, 0.15) is 0 Å². The Labute approximate surface area is 103 Å². The summed E-state index contributed by atoms with van der Waals surface area (Å²) in [7, 11) is 1.68. The summed E-state index contributed by atoms with van der Waals surface area (Å²) in [6, 6.07) is 4.19. The number of nitro benzene ring substituents is 1. The van der Waals surface area contributed by atoms with Gasteiger partial charge in [0.05, 0.1) is 11.5 Å². The highest BCUT2D eigenvalue weighted by Crippen LogP contribution is 2.22. The number of hydrogen-bond acceptors (Lipinski definition) is 4. The second-order valence-corrected chi connectivity index (χ2v) is 4.08. The molecule has 0 atom stereocenters. The minimum absolute atomic E-state index is 0.0307. The number of carbonyl (C=O) groups is 1. The van der Waals surface area contributed by atoms with Crippen LogP contribution in [0.1, 0.15) is 5.56 Å². The molecular formula is C10H12ClN3O3. The third-order valence-corrected chi connectivity index (χ3v) is 2.47. The van der Waals surface area contributed by atoms with Gasteiger partial charge in [-0.2, -0.15) is 0 Å². The van der Waals surface area contributed by atoms with Crippen molar-refractivity contribution in [1.29, 1.82) is 0 Å². The number of carbonyl (C=O) groups excluding carboxylic acids is 1. The molecule has 1 rings (SSSR count). The summed E-state index contributed by atoms with van der Waals surface area (Å²) in [4.78, 5) is 22.4. The summed E-state index contributed by atoms with van der Waals surface area (Å²) in [6.07, 6.45) is 0. The largest absolute Gasteiger partial charge is 0.369 e. The fourth-order valence-corrected chi connectivity index (χ4v) is 1.59. The highest BCUT2D eigenvalue weighted by Gasteiger charge is 2.12. The number of benzene rings is 1. The van der Waals surface area contributed by atoms with Crippen LogP contribution in [0.5, 0.6) is 0 Å². The van der Waals surface area contributed by atoms with Crippen LogP contribution < -0.4 is 5.73 Å². The number of non-ortho nitro benzene ring substituents is 1. The van der Waals surface area contributed by atoms with Crippen LogP contribution in [0.25, 0.3) is 0 Å². The maximum Gasteiger partial charge on any atom is 0.269 e. The molecule has 0 aliphatic carbocycles. The van der Waals surface area contributed by atoms with Gasteiger partial charge in [-0.25, -0.2) is 0 Å². The highest BCUT2D eigenvalue weighted by molar-refractivity contribution is 6.31. The van der Waals surface area contributed by atoms with Crippen molar-refractivity contribution in [2.45, 2.75) is 6.54 Å². The van der Waals surface area contributed by atoms with Crippen LogP contribution >= 0.6 is 11.6 Å². The third kappa shape index (κ3) is 4.01. The summed E-state index contributed by atoms with van der Waals surface area (Å²) >= 11 is 5.92. The molecule has 0 unspecified atom stereocenters. The average molecular weight is 258 g/mol. The summed E-state index contributed by atoms with van der Waals surface area (Å²) in [5, 5.41) is 11.0. The second-order valence-electron chi connectivity index (χ2n) is 3.67. The molecule has 0 radical (unpaired) electrons. The van der Waals surface area contributed by atoms with Crippen LogP contribution in [0, 0.1) is 10.1 Å². The minimum Gasteiger partial charge on any atom is -0.369 e. The van der Waals surface area contributed by atoms with Gasteiger partial charge in [0.15, 0.2) is 0 Å². The Hall–Kier alpha value is -1.66. The van der Waals surface area contributed by atoms with Gasteiger partial charge in [0, 0.05) is 23.7 Å². The molecule has 0 saturated heterocycles. The van der Waals surface area contributed by atoms with Crippen molar-refractivity contribution < 1.29 is 9.72 Å². The monoisotopic (exact) mass is 257 g/mol. The first kappa shape index (κ1) is 13.4. The quantitative estimate of drug-likeness (QED) is 0.633. The van der Waals surface area contributed by atoms with E-state index >= 15 is 0 Å². The van der Waals surface area contributed by atoms with Crippen molar-refractivity contribution >= 4 is 23.2 Å². The summed E-state index contributed by atoms with van der Waals surface area (Å²) in [5.74, 6) is -0.464. The molecular weight excluding hydrogens is 246 g/mol. The normalized spacial score (nSPS) is 10.5. The molecule has 1 aromatic carbocycles. The molecule has 7 heteroatoms. The lowest BCUT2D eigenvalue weighted by molar-refractivity contribution is -0.384. The highest BCUT2D eigenvalue weighted by atomic mass is 35.5. The molecule has 2 N–H and O–H groups in total. The molecule has 1 aromatic rings. The number of likely N-dealkylation sites (N-methyl/N-ethyl adjacent to an activating group) is 1. The van der Waals surface area contributed by atoms with Crippen molar-refractivity contribution in [3.05, 3.63) is 38.9 Å². The second kappa shape index (κ2) is 5.60. The molecule has 92 valence electrons. The number of primary amides is 1. The maximum atomic E-state index is 10.7. The number of hydrogen-bond donors (Lipinski definition) is 1. The van der Waals surface area contributed by atoms with Gasteiger partial charge in [0.25, 0.3) is 5.69 Å². The number of halogens is 1. The van der Waals surface area contributed by atoms with Crippen LogP contribution in [0.3, 0.4) is 0 Å². The SMILES string of the molecule is CN(CC(N)=O)Cc1cc([N+](=O)[O-])ccc1Cl. The first-order chi connectivity index (χ1) is 7.90. The standard InChI is InChI=1S/C10H12ClN3O3/c1-13(6-10(12)15)5-7-4-8(14(16)17)2-3-9(7)11/h2-4H,5-6H2,1H3,(H2,12,15). The Morgan fingerprint density at radius 1 is 1.59 bits per heavy atom. The van der Waals surface area contributed by atoms with Crippen LogP contribution in [0.15, 0.2) is 18.2 Å². The summed E-state index contributed by atoms with van der Waals surface area (Å²) in [5.41, 5.74) is 5.60. The molecule has 0 spiro atoms. The average Bonchev–Trinajstić information content (AvgIpc) is 2.19. The van der Waals surface area contributed by atoms with Crippen LogP contribution in [0.4, 0.5) is 5.69 Å². The van der Waals surface area contributed by atoms with E-state index in [1.807, 2.05) is 0 Å². The van der Waals surface area contributed by atoms with Crippen molar-refractivity contribution in [1.82, 2.24) is 4.90 Å². The van der Waals surface area contributed by atoms with Crippen molar-refractivity contribution in [3.8, 4) is 0 Å². The molecule has 1 amide bonds. The third-order valence-electron chi connectivity index (χ3n) is 2.11. The molecule has 0 aliphatic heterocycles. The van der Waals surface area contributed by atoms with E-state index in [9.17, 15) is 14.9 Å². The van der Waals surface area contributed by atoms with Crippen LogP contribution in [-0.4, -0.2) is 29.3 Å². The smallest absolute Gasteiger partial charge is 0.269 e. The Bertz CT molecular complexity index is 450. The Morgan fingerprint density at radius 2 is 2.24 bits per heavy atom. The van der Waals surface area contributed by atoms with Crippen molar-refractivity contribution in [2.24, 2.45) is 5.73 Å². The zero-order valence-corrected chi connectivity index (χ0v) is 9.98. The van der Waals surface area contributed by atoms with Gasteiger partial charge in [0.2, 0.25) is 5.91 Å². The zero-order valence-electron chi connectivity index (χ0n) is 9.22. The van der Waals surface area contributed by atoms with Gasteiger partial charge in [-0.05, 0) is 18.7 Å². The minimum atomic E-state index is -0.492. The molecule has 0 fully saturated rings. The number of amides is 1. The maximum absolute atomic E-state index is 10.7. The van der Waals surface area contributed by atoms with Crippen LogP contribution in [0.2, 0.25) is 5.02 Å². The van der Waals surface area contributed by atoms with E-state index in [0.717, 1.165) is 0 Å². The summed E-state index contributed by atoms with van der Waals surface area (Å²) < 4.78 is 0. The van der Waals surface area contributed by atoms with E-state index in [0.29, 0.717) is 17.1 Å². The Morgan fingerprint density at radius 3 is 2.76 bits per heavy atom. The van der Waals surface area contributed by atoms with E-state index in [1.54, 1.807) is 11.9 Å². The molecule has 0 aliphatic rings. The number of nitro groups is 1. The lowest BCUT2D eigenvalue weighted by atomic mass is 10.2. The van der Waals surface area contributed by atoms with Crippen molar-refractivity contribution in [3.63, 3.8) is 0 Å². The van der Waals surface area contributed by atoms with Gasteiger partial charge in [-0.1, -0.05) is 11.6 Å². The molecule has 0 heterocycles. The fourth-order valence-electron chi connectivity index (χ4n) is 1.41. The van der Waals surface area contributed by atoms with E-state index in [1.165, 1.54) is 18.2 Å². The van der Waals surface area contributed by atoms with Gasteiger partial charge < -0.3 is 5.73 Å². The van der Waals surface area contributed by atoms with E-state index < -0.39 is 10.8 Å². The zero-order chi connectivity index (χ0) is 13.0. The Kier molecular flexibility index (Phi) is 4.42. The lowest BCUT2D eigenvalue weighted by Crippen LogP contribution is -2.30. The predicted octanol–water partition coefficient (Wildman–Crippen LogP) is 1.17. The number of rotatable bonds is 5. The van der Waals surface area contributed by atoms with E-state index in [2.05, 4.69) is 0 Å². The van der Waals surface area contributed by atoms with E-state index in [4.69, 9.17) is 17.3 Å². The van der Waals surface area contributed by atoms with Crippen molar-refractivity contribution in [2.75, 3.05) is 13.6 Å². The van der Waals surface area contributed by atoms with Gasteiger partial charge in [-0.3, -0.25) is 19.8 Å². The van der Waals surface area contributed by atoms with Gasteiger partial charge in [-0.15, -0.1) is 0 Å². The molecule has 0 bridgehead atoms. The first-order valence-electron chi connectivity index (χ1n) is 4.80. The first-order valence-corrected chi connectivity index (χ1v) is 5.17. The topological polar surface area (TPSA) is 89.5 Å². The molecule has 0 aromatic heterocycles. The lowest BCUT2D eigenvalue weighted by Gasteiger charge is -2.15.